The Bertz CT molecular complexity index is 602. The fourth-order valence-electron chi connectivity index (χ4n) is 1.56. The van der Waals surface area contributed by atoms with Gasteiger partial charge < -0.3 is 5.32 Å². The van der Waals surface area contributed by atoms with Gasteiger partial charge in [0.25, 0.3) is 5.69 Å². The van der Waals surface area contributed by atoms with Crippen LogP contribution in [0.2, 0.25) is 0 Å². The zero-order valence-electron chi connectivity index (χ0n) is 9.77. The molecule has 4 nitrogen and oxygen atoms in total. The van der Waals surface area contributed by atoms with Crippen LogP contribution in [0.1, 0.15) is 5.56 Å². The third-order valence-corrected chi connectivity index (χ3v) is 3.31. The lowest BCUT2D eigenvalue weighted by Crippen LogP contribution is -2.00. The zero-order valence-corrected chi connectivity index (χ0v) is 11.4. The van der Waals surface area contributed by atoms with E-state index in [0.29, 0.717) is 11.0 Å². The highest BCUT2D eigenvalue weighted by molar-refractivity contribution is 9.10. The molecule has 0 radical (unpaired) electrons. The molecule has 2 aromatic rings. The second kappa shape index (κ2) is 5.79. The molecular formula is C13H10BrFN2O2. The quantitative estimate of drug-likeness (QED) is 0.680. The Balaban J connectivity index is 2.07. The maximum absolute atomic E-state index is 12.7. The monoisotopic (exact) mass is 324 g/mol. The maximum Gasteiger partial charge on any atom is 0.270 e. The summed E-state index contributed by atoms with van der Waals surface area (Å²) in [5.74, 6) is -0.290. The van der Waals surface area contributed by atoms with E-state index in [-0.39, 0.29) is 11.5 Å². The van der Waals surface area contributed by atoms with Gasteiger partial charge in [0, 0.05) is 28.8 Å². The van der Waals surface area contributed by atoms with E-state index < -0.39 is 4.92 Å². The summed E-state index contributed by atoms with van der Waals surface area (Å²) in [5, 5.41) is 13.7. The summed E-state index contributed by atoms with van der Waals surface area (Å²) in [7, 11) is 0. The van der Waals surface area contributed by atoms with Crippen molar-refractivity contribution in [2.45, 2.75) is 6.54 Å². The van der Waals surface area contributed by atoms with Crippen molar-refractivity contribution in [1.82, 2.24) is 0 Å². The normalized spacial score (nSPS) is 10.2. The first kappa shape index (κ1) is 13.5. The predicted octanol–water partition coefficient (Wildman–Crippen LogP) is 4.11. The first-order valence-electron chi connectivity index (χ1n) is 5.48. The van der Waals surface area contributed by atoms with Crippen LogP contribution in [0.15, 0.2) is 46.9 Å². The summed E-state index contributed by atoms with van der Waals surface area (Å²) in [6.45, 7) is 0.490. The predicted molar refractivity (Wildman–Crippen MR) is 74.5 cm³/mol. The van der Waals surface area contributed by atoms with Crippen LogP contribution < -0.4 is 5.32 Å². The highest BCUT2D eigenvalue weighted by Crippen LogP contribution is 2.23. The Morgan fingerprint density at radius 3 is 2.47 bits per heavy atom. The molecule has 0 spiro atoms. The van der Waals surface area contributed by atoms with Crippen LogP contribution in [0.5, 0.6) is 0 Å². The molecule has 1 N–H and O–H groups in total. The molecule has 0 aliphatic heterocycles. The number of nitro benzene ring substituents is 1. The van der Waals surface area contributed by atoms with E-state index in [2.05, 4.69) is 21.2 Å². The van der Waals surface area contributed by atoms with Crippen LogP contribution in [-0.4, -0.2) is 4.92 Å². The number of nitro groups is 1. The molecule has 0 aliphatic rings. The molecule has 0 fully saturated rings. The van der Waals surface area contributed by atoms with E-state index in [0.717, 1.165) is 11.3 Å². The van der Waals surface area contributed by atoms with E-state index in [9.17, 15) is 14.5 Å². The van der Waals surface area contributed by atoms with Crippen molar-refractivity contribution in [2.24, 2.45) is 0 Å². The number of halogens is 2. The number of nitrogens with one attached hydrogen (secondary N) is 1. The van der Waals surface area contributed by atoms with Crippen LogP contribution in [0.25, 0.3) is 0 Å². The van der Waals surface area contributed by atoms with Crippen molar-refractivity contribution in [3.63, 3.8) is 0 Å². The van der Waals surface area contributed by atoms with Crippen molar-refractivity contribution in [3.8, 4) is 0 Å². The molecule has 0 unspecified atom stereocenters. The second-order valence-corrected chi connectivity index (χ2v) is 4.75. The Morgan fingerprint density at radius 2 is 1.89 bits per heavy atom. The Morgan fingerprint density at radius 1 is 1.21 bits per heavy atom. The summed E-state index contributed by atoms with van der Waals surface area (Å²) < 4.78 is 13.4. The third kappa shape index (κ3) is 3.51. The molecule has 2 aromatic carbocycles. The van der Waals surface area contributed by atoms with Gasteiger partial charge >= 0.3 is 0 Å². The molecule has 2 rings (SSSR count). The molecule has 0 amide bonds. The highest BCUT2D eigenvalue weighted by atomic mass is 79.9. The van der Waals surface area contributed by atoms with Crippen LogP contribution >= 0.6 is 15.9 Å². The Hall–Kier alpha value is -1.95. The Labute approximate surface area is 117 Å². The summed E-state index contributed by atoms with van der Waals surface area (Å²) in [6, 6.07) is 10.6. The third-order valence-electron chi connectivity index (χ3n) is 2.57. The standard InChI is InChI=1S/C13H10BrFN2O2/c14-13-7-12(17(18)19)6-1-9(13)8-16-11-4-2-10(15)3-5-11/h1-7,16H,8H2. The van der Waals surface area contributed by atoms with Gasteiger partial charge in [-0.1, -0.05) is 15.9 Å². The highest BCUT2D eigenvalue weighted by Gasteiger charge is 2.08. The number of anilines is 1. The average Bonchev–Trinajstić information content (AvgIpc) is 2.39. The molecule has 0 aliphatic carbocycles. The number of nitrogens with zero attached hydrogens (tertiary/aromatic N) is 1. The van der Waals surface area contributed by atoms with Gasteiger partial charge in [-0.05, 0) is 35.9 Å². The molecule has 0 saturated carbocycles. The summed E-state index contributed by atoms with van der Waals surface area (Å²) >= 11 is 3.30. The minimum absolute atomic E-state index is 0.0393. The van der Waals surface area contributed by atoms with Gasteiger partial charge in [-0.15, -0.1) is 0 Å². The fraction of sp³-hybridized carbons (Fsp3) is 0.0769. The molecule has 0 saturated heterocycles. The molecule has 0 bridgehead atoms. The lowest BCUT2D eigenvalue weighted by Gasteiger charge is -2.08. The topological polar surface area (TPSA) is 55.2 Å². The van der Waals surface area contributed by atoms with Gasteiger partial charge in [0.05, 0.1) is 4.92 Å². The lowest BCUT2D eigenvalue weighted by molar-refractivity contribution is -0.384. The molecule has 19 heavy (non-hydrogen) atoms. The number of rotatable bonds is 4. The van der Waals surface area contributed by atoms with Gasteiger partial charge in [-0.2, -0.15) is 0 Å². The van der Waals surface area contributed by atoms with E-state index in [1.54, 1.807) is 18.2 Å². The fourth-order valence-corrected chi connectivity index (χ4v) is 2.07. The van der Waals surface area contributed by atoms with E-state index in [1.165, 1.54) is 24.3 Å². The molecule has 0 atom stereocenters. The number of hydrogen-bond acceptors (Lipinski definition) is 3. The molecule has 6 heteroatoms. The van der Waals surface area contributed by atoms with Crippen LogP contribution in [0, 0.1) is 15.9 Å². The number of hydrogen-bond donors (Lipinski definition) is 1. The summed E-state index contributed by atoms with van der Waals surface area (Å²) in [5.41, 5.74) is 1.71. The van der Waals surface area contributed by atoms with Gasteiger partial charge in [-0.3, -0.25) is 10.1 Å². The van der Waals surface area contributed by atoms with Gasteiger partial charge in [-0.25, -0.2) is 4.39 Å². The van der Waals surface area contributed by atoms with Crippen molar-refractivity contribution >= 4 is 27.3 Å². The molecule has 0 heterocycles. The Kier molecular flexibility index (Phi) is 4.11. The van der Waals surface area contributed by atoms with Crippen molar-refractivity contribution < 1.29 is 9.31 Å². The average molecular weight is 325 g/mol. The molecule has 98 valence electrons. The molecular weight excluding hydrogens is 315 g/mol. The summed E-state index contributed by atoms with van der Waals surface area (Å²) in [6.07, 6.45) is 0. The van der Waals surface area contributed by atoms with Crippen LogP contribution in [-0.2, 0) is 6.54 Å². The first-order chi connectivity index (χ1) is 9.06. The van der Waals surface area contributed by atoms with Crippen molar-refractivity contribution in [1.29, 1.82) is 0 Å². The smallest absolute Gasteiger partial charge is 0.270 e. The van der Waals surface area contributed by atoms with Crippen LogP contribution in [0.4, 0.5) is 15.8 Å². The second-order valence-electron chi connectivity index (χ2n) is 3.89. The van der Waals surface area contributed by atoms with Gasteiger partial charge in [0.1, 0.15) is 5.82 Å². The van der Waals surface area contributed by atoms with E-state index >= 15 is 0 Å². The minimum atomic E-state index is -0.443. The number of non-ortho nitro benzene ring substituents is 1. The minimum Gasteiger partial charge on any atom is -0.381 e. The maximum atomic E-state index is 12.7. The SMILES string of the molecule is O=[N+]([O-])c1ccc(CNc2ccc(F)cc2)c(Br)c1. The van der Waals surface area contributed by atoms with Gasteiger partial charge in [0.15, 0.2) is 0 Å². The zero-order chi connectivity index (χ0) is 13.8. The van der Waals surface area contributed by atoms with Crippen LogP contribution in [0.3, 0.4) is 0 Å². The summed E-state index contributed by atoms with van der Waals surface area (Å²) in [4.78, 5) is 10.2. The number of benzene rings is 2. The van der Waals surface area contributed by atoms with Gasteiger partial charge in [0.2, 0.25) is 0 Å². The van der Waals surface area contributed by atoms with Crippen molar-refractivity contribution in [2.75, 3.05) is 5.32 Å². The lowest BCUT2D eigenvalue weighted by atomic mass is 10.2. The van der Waals surface area contributed by atoms with E-state index in [1.807, 2.05) is 0 Å². The first-order valence-corrected chi connectivity index (χ1v) is 6.28. The largest absolute Gasteiger partial charge is 0.381 e. The van der Waals surface area contributed by atoms with E-state index in [4.69, 9.17) is 0 Å². The van der Waals surface area contributed by atoms with Crippen molar-refractivity contribution in [3.05, 3.63) is 68.4 Å². The molecule has 0 aromatic heterocycles.